The molecular formula is C54H78F3NO14. The number of aryl methyl sites for hydroxylation is 2. The van der Waals surface area contributed by atoms with Crippen molar-refractivity contribution < 1.29 is 80.5 Å². The first-order valence-corrected chi connectivity index (χ1v) is 25.5. The molecule has 1 aromatic rings. The van der Waals surface area contributed by atoms with Gasteiger partial charge in [-0.3, -0.25) is 19.2 Å². The van der Waals surface area contributed by atoms with Gasteiger partial charge in [-0.2, -0.15) is 0 Å². The Morgan fingerprint density at radius 3 is 2.14 bits per heavy atom. The first-order valence-electron chi connectivity index (χ1n) is 25.5. The van der Waals surface area contributed by atoms with Crippen LogP contribution in [0.2, 0.25) is 0 Å². The molecular weight excluding hydrogens is 944 g/mol. The van der Waals surface area contributed by atoms with Crippen LogP contribution in [-0.4, -0.2) is 140 Å². The number of halogens is 3. The monoisotopic (exact) mass is 1020 g/mol. The van der Waals surface area contributed by atoms with Crippen molar-refractivity contribution >= 4 is 29.2 Å². The molecule has 2 N–H and O–H groups in total. The normalized spacial score (nSPS) is 34.4. The van der Waals surface area contributed by atoms with E-state index in [-0.39, 0.29) is 72.5 Å². The number of hydrogen-bond donors (Lipinski definition) is 2. The Kier molecular flexibility index (Phi) is 20.8. The Morgan fingerprint density at radius 2 is 1.53 bits per heavy atom. The minimum absolute atomic E-state index is 0.0126. The van der Waals surface area contributed by atoms with Crippen LogP contribution in [0.3, 0.4) is 0 Å². The second-order valence-electron chi connectivity index (χ2n) is 20.8. The fraction of sp³-hybridized carbons (Fsp3) is 0.722. The number of ether oxygens (including phenoxy) is 7. The van der Waals surface area contributed by atoms with Crippen molar-refractivity contribution in [3.05, 3.63) is 52.1 Å². The molecule has 1 amide bonds. The molecule has 18 heteroatoms. The van der Waals surface area contributed by atoms with E-state index >= 15 is 0 Å². The molecule has 14 atom stereocenters. The van der Waals surface area contributed by atoms with Gasteiger partial charge in [-0.25, -0.2) is 4.79 Å². The lowest BCUT2D eigenvalue weighted by Gasteiger charge is -2.47. The summed E-state index contributed by atoms with van der Waals surface area (Å²) in [6.07, 6.45) is -2.42. The van der Waals surface area contributed by atoms with Crippen molar-refractivity contribution in [3.63, 3.8) is 0 Å². The standard InChI is InChI=1S/C54H78F3NO14/c1-12-37-20-29(2)19-30(3)21-45(67-10)49-46(68-11)25-34(7)53(65,71-49)50(62)51(63)58-18-14-13-15-39(58)52(64)70-48(35(8)40(59)27-41(37)60)31(4)22-36-16-17-43(44(26-36)66-9)69-28-42(61)38-23-32(5)47(33(6)24-38)72-54(55,56)57/h20,22-24,30,34-37,39-40,43-46,48-49,59,65H,12-19,21,25-28H2,1-11H3. The van der Waals surface area contributed by atoms with Gasteiger partial charge in [0.25, 0.3) is 11.7 Å². The van der Waals surface area contributed by atoms with E-state index in [9.17, 15) is 47.4 Å². The summed E-state index contributed by atoms with van der Waals surface area (Å²) >= 11 is 0. The highest BCUT2D eigenvalue weighted by Crippen LogP contribution is 2.40. The number of nitrogens with zero attached hydrogens (tertiary/aromatic N) is 1. The maximum absolute atomic E-state index is 14.6. The van der Waals surface area contributed by atoms with Gasteiger partial charge in [0, 0.05) is 57.6 Å². The molecule has 0 spiro atoms. The maximum atomic E-state index is 14.6. The van der Waals surface area contributed by atoms with Crippen LogP contribution < -0.4 is 4.74 Å². The predicted octanol–water partition coefficient (Wildman–Crippen LogP) is 7.90. The Hall–Kier alpha value is -4.04. The number of carbonyl (C=O) groups is 5. The number of fused-ring (bicyclic) bond motifs is 3. The van der Waals surface area contributed by atoms with Crippen molar-refractivity contribution in [2.24, 2.45) is 29.6 Å². The predicted molar refractivity (Wildman–Crippen MR) is 259 cm³/mol. The van der Waals surface area contributed by atoms with E-state index in [0.717, 1.165) is 10.5 Å². The van der Waals surface area contributed by atoms with Crippen molar-refractivity contribution in [1.29, 1.82) is 0 Å². The molecule has 1 aromatic carbocycles. The van der Waals surface area contributed by atoms with Gasteiger partial charge in [0.15, 0.2) is 5.78 Å². The van der Waals surface area contributed by atoms with Crippen molar-refractivity contribution in [2.75, 3.05) is 34.5 Å². The molecule has 4 aliphatic rings. The zero-order chi connectivity index (χ0) is 53.4. The number of methoxy groups -OCH3 is 3. The zero-order valence-electron chi connectivity index (χ0n) is 43.9. The molecule has 0 aromatic heterocycles. The van der Waals surface area contributed by atoms with Crippen molar-refractivity contribution in [1.82, 2.24) is 4.90 Å². The number of ketones is 3. The molecule has 2 bridgehead atoms. The van der Waals surface area contributed by atoms with Gasteiger partial charge in [-0.05, 0) is 133 Å². The van der Waals surface area contributed by atoms with Crippen LogP contribution in [0.4, 0.5) is 13.2 Å². The number of alkyl halides is 3. The molecule has 5 rings (SSSR count). The number of piperidine rings is 1. The van der Waals surface area contributed by atoms with E-state index in [1.807, 2.05) is 32.9 Å². The molecule has 15 nitrogen and oxygen atoms in total. The number of aliphatic hydroxyl groups is 2. The van der Waals surface area contributed by atoms with Crippen molar-refractivity contribution in [2.45, 2.75) is 187 Å². The lowest BCUT2D eigenvalue weighted by Crippen LogP contribution is -2.64. The maximum Gasteiger partial charge on any atom is 0.573 e. The van der Waals surface area contributed by atoms with Crippen molar-refractivity contribution in [3.8, 4) is 5.75 Å². The summed E-state index contributed by atoms with van der Waals surface area (Å²) in [4.78, 5) is 71.7. The third-order valence-electron chi connectivity index (χ3n) is 15.3. The number of aliphatic hydroxyl groups excluding tert-OH is 1. The highest BCUT2D eigenvalue weighted by atomic mass is 19.4. The Morgan fingerprint density at radius 1 is 0.889 bits per heavy atom. The number of amides is 1. The number of Topliss-reactive ketones (excluding diaryl/α,β-unsaturated/α-hetero) is 3. The summed E-state index contributed by atoms with van der Waals surface area (Å²) in [5.41, 5.74) is 2.01. The number of rotatable bonds is 11. The Bertz CT molecular complexity index is 2120. The van der Waals surface area contributed by atoms with Crippen LogP contribution in [0.25, 0.3) is 0 Å². The summed E-state index contributed by atoms with van der Waals surface area (Å²) in [7, 11) is 4.54. The van der Waals surface area contributed by atoms with Crippen LogP contribution in [0.5, 0.6) is 5.75 Å². The second kappa shape index (κ2) is 25.5. The number of cyclic esters (lactones) is 1. The molecule has 72 heavy (non-hydrogen) atoms. The number of hydrogen-bond acceptors (Lipinski definition) is 14. The summed E-state index contributed by atoms with van der Waals surface area (Å²) in [5.74, 6) is -9.00. The quantitative estimate of drug-likeness (QED) is 0.0941. The fourth-order valence-corrected chi connectivity index (χ4v) is 11.2. The molecule has 1 aliphatic carbocycles. The third kappa shape index (κ3) is 14.4. The van der Waals surface area contributed by atoms with E-state index in [2.05, 4.69) is 4.74 Å². The first-order chi connectivity index (χ1) is 33.8. The largest absolute Gasteiger partial charge is 0.573 e. The lowest BCUT2D eigenvalue weighted by molar-refractivity contribution is -0.302. The summed E-state index contributed by atoms with van der Waals surface area (Å²) < 4.78 is 79.4. The smallest absolute Gasteiger partial charge is 0.456 e. The molecule has 3 aliphatic heterocycles. The highest BCUT2D eigenvalue weighted by molar-refractivity contribution is 6.39. The average Bonchev–Trinajstić information content (AvgIpc) is 3.33. The van der Waals surface area contributed by atoms with Gasteiger partial charge >= 0.3 is 12.3 Å². The zero-order valence-corrected chi connectivity index (χ0v) is 43.9. The lowest BCUT2D eigenvalue weighted by atomic mass is 9.81. The molecule has 3 heterocycles. The van der Waals surface area contributed by atoms with Gasteiger partial charge in [0.2, 0.25) is 5.79 Å². The summed E-state index contributed by atoms with van der Waals surface area (Å²) in [5, 5.41) is 24.0. The number of carbonyl (C=O) groups excluding carboxylic acids is 5. The van der Waals surface area contributed by atoms with E-state index in [1.54, 1.807) is 20.8 Å². The molecule has 14 unspecified atom stereocenters. The SMILES string of the molecule is CCC1C=C(C)CC(C)CC(OC)C2OC(O)(C(=O)C(=O)N3CCCCC3C(=O)OC(C(C)=CC3CCC(OCC(=O)c4cc(C)c(OC(F)(F)F)c(C)c4)C(OC)C3)C(C)C(O)CC1=O)C(C)CC2OC. The van der Waals surface area contributed by atoms with Gasteiger partial charge in [0.1, 0.15) is 36.4 Å². The van der Waals surface area contributed by atoms with Crippen LogP contribution in [-0.2, 0) is 47.6 Å². The minimum atomic E-state index is -4.89. The second-order valence-corrected chi connectivity index (χ2v) is 20.8. The minimum Gasteiger partial charge on any atom is -0.456 e. The molecule has 2 saturated heterocycles. The van der Waals surface area contributed by atoms with E-state index in [4.69, 9.17) is 28.4 Å². The van der Waals surface area contributed by atoms with Gasteiger partial charge < -0.3 is 48.3 Å². The van der Waals surface area contributed by atoms with Crippen LogP contribution in [0, 0.1) is 43.4 Å². The molecule has 1 saturated carbocycles. The van der Waals surface area contributed by atoms with Gasteiger partial charge in [0.05, 0.1) is 30.5 Å². The van der Waals surface area contributed by atoms with Crippen LogP contribution in [0.15, 0.2) is 35.4 Å². The number of allylic oxidation sites excluding steroid dienone is 3. The van der Waals surface area contributed by atoms with Crippen LogP contribution >= 0.6 is 0 Å². The van der Waals surface area contributed by atoms with E-state index < -0.39 is 102 Å². The van der Waals surface area contributed by atoms with E-state index in [0.29, 0.717) is 56.9 Å². The molecule has 0 radical (unpaired) electrons. The van der Waals surface area contributed by atoms with Crippen LogP contribution in [0.1, 0.15) is 134 Å². The third-order valence-corrected chi connectivity index (χ3v) is 15.3. The molecule has 404 valence electrons. The fourth-order valence-electron chi connectivity index (χ4n) is 11.2. The summed E-state index contributed by atoms with van der Waals surface area (Å²) in [6, 6.07) is 1.45. The first kappa shape index (κ1) is 58.8. The Labute approximate surface area is 422 Å². The number of esters is 1. The van der Waals surface area contributed by atoms with Gasteiger partial charge in [-0.1, -0.05) is 45.4 Å². The van der Waals surface area contributed by atoms with E-state index in [1.165, 1.54) is 47.3 Å². The van der Waals surface area contributed by atoms with Gasteiger partial charge in [-0.15, -0.1) is 13.2 Å². The highest BCUT2D eigenvalue weighted by Gasteiger charge is 2.56. The average molecular weight is 1020 g/mol. The topological polar surface area (TPSA) is 194 Å². The summed E-state index contributed by atoms with van der Waals surface area (Å²) in [6.45, 7) is 13.5. The Balaban J connectivity index is 1.42. The molecule has 3 fully saturated rings. The number of benzene rings is 1.